The van der Waals surface area contributed by atoms with Gasteiger partial charge in [-0.2, -0.15) is 0 Å². The Hall–Kier alpha value is -1.15. The lowest BCUT2D eigenvalue weighted by atomic mass is 10.0. The van der Waals surface area contributed by atoms with Gasteiger partial charge in [-0.1, -0.05) is 15.9 Å². The molecule has 18 heavy (non-hydrogen) atoms. The number of benzene rings is 1. The van der Waals surface area contributed by atoms with E-state index in [4.69, 9.17) is 5.11 Å². The van der Waals surface area contributed by atoms with E-state index < -0.39 is 31.3 Å². The van der Waals surface area contributed by atoms with Crippen molar-refractivity contribution in [2.45, 2.75) is 5.54 Å². The molecule has 0 spiro atoms. The number of rotatable bonds is 6. The SMILES string of the molecule is O=C(O)c1cc(Br)ccc1NC(CO)(CO)CO. The Balaban J connectivity index is 3.13. The Bertz CT molecular complexity index is 425. The van der Waals surface area contributed by atoms with E-state index in [-0.39, 0.29) is 11.3 Å². The third-order valence-electron chi connectivity index (χ3n) is 2.52. The van der Waals surface area contributed by atoms with E-state index in [1.54, 1.807) is 6.07 Å². The predicted octanol–water partition coefficient (Wildman–Crippen LogP) is 0.275. The van der Waals surface area contributed by atoms with Crippen molar-refractivity contribution in [2.24, 2.45) is 0 Å². The summed E-state index contributed by atoms with van der Waals surface area (Å²) in [6.07, 6.45) is 0. The highest BCUT2D eigenvalue weighted by molar-refractivity contribution is 9.10. The first-order valence-corrected chi connectivity index (χ1v) is 5.91. The number of anilines is 1. The van der Waals surface area contributed by atoms with Crippen molar-refractivity contribution < 1.29 is 25.2 Å². The Morgan fingerprint density at radius 2 is 1.78 bits per heavy atom. The number of aromatic carboxylic acids is 1. The molecule has 0 atom stereocenters. The summed E-state index contributed by atoms with van der Waals surface area (Å²) >= 11 is 3.16. The highest BCUT2D eigenvalue weighted by atomic mass is 79.9. The molecule has 1 aromatic rings. The van der Waals surface area contributed by atoms with Crippen molar-refractivity contribution in [3.63, 3.8) is 0 Å². The molecular formula is C11H14BrNO5. The molecule has 0 radical (unpaired) electrons. The van der Waals surface area contributed by atoms with Crippen LogP contribution in [0.5, 0.6) is 0 Å². The van der Waals surface area contributed by atoms with Crippen LogP contribution in [0.25, 0.3) is 0 Å². The second kappa shape index (κ2) is 6.14. The summed E-state index contributed by atoms with van der Waals surface area (Å²) in [4.78, 5) is 11.1. The van der Waals surface area contributed by atoms with E-state index in [0.29, 0.717) is 4.47 Å². The van der Waals surface area contributed by atoms with Crippen LogP contribution < -0.4 is 5.32 Å². The summed E-state index contributed by atoms with van der Waals surface area (Å²) in [6.45, 7) is -1.60. The number of nitrogens with one attached hydrogen (secondary N) is 1. The van der Waals surface area contributed by atoms with Crippen LogP contribution >= 0.6 is 15.9 Å². The van der Waals surface area contributed by atoms with Gasteiger partial charge in [0.15, 0.2) is 0 Å². The van der Waals surface area contributed by atoms with Gasteiger partial charge in [-0.15, -0.1) is 0 Å². The monoisotopic (exact) mass is 319 g/mol. The predicted molar refractivity (Wildman–Crippen MR) is 68.7 cm³/mol. The van der Waals surface area contributed by atoms with Crippen molar-refractivity contribution in [3.05, 3.63) is 28.2 Å². The summed E-state index contributed by atoms with van der Waals surface area (Å²) in [7, 11) is 0. The average molecular weight is 320 g/mol. The van der Waals surface area contributed by atoms with E-state index in [2.05, 4.69) is 21.2 Å². The highest BCUT2D eigenvalue weighted by Crippen LogP contribution is 2.24. The van der Waals surface area contributed by atoms with E-state index in [0.717, 1.165) is 0 Å². The van der Waals surface area contributed by atoms with Gasteiger partial charge in [0, 0.05) is 10.2 Å². The first kappa shape index (κ1) is 14.9. The molecule has 100 valence electrons. The number of hydrogen-bond donors (Lipinski definition) is 5. The maximum Gasteiger partial charge on any atom is 0.337 e. The molecule has 6 nitrogen and oxygen atoms in total. The smallest absolute Gasteiger partial charge is 0.337 e. The first-order valence-electron chi connectivity index (χ1n) is 5.11. The van der Waals surface area contributed by atoms with Crippen LogP contribution in [0.2, 0.25) is 0 Å². The van der Waals surface area contributed by atoms with Crippen molar-refractivity contribution in [2.75, 3.05) is 25.1 Å². The Morgan fingerprint density at radius 3 is 2.22 bits per heavy atom. The van der Waals surface area contributed by atoms with E-state index in [1.807, 2.05) is 0 Å². The van der Waals surface area contributed by atoms with Crippen molar-refractivity contribution in [3.8, 4) is 0 Å². The molecule has 0 unspecified atom stereocenters. The molecule has 0 bridgehead atoms. The van der Waals surface area contributed by atoms with E-state index >= 15 is 0 Å². The van der Waals surface area contributed by atoms with Crippen molar-refractivity contribution >= 4 is 27.6 Å². The van der Waals surface area contributed by atoms with Crippen LogP contribution in [0.4, 0.5) is 5.69 Å². The zero-order chi connectivity index (χ0) is 13.8. The molecule has 0 amide bonds. The standard InChI is InChI=1S/C11H14BrNO5/c12-7-1-2-9(8(3-7)10(17)18)13-11(4-14,5-15)6-16/h1-3,13-16H,4-6H2,(H,17,18). The fraction of sp³-hybridized carbons (Fsp3) is 0.364. The summed E-state index contributed by atoms with van der Waals surface area (Å²) in [5.74, 6) is -1.15. The second-order valence-corrected chi connectivity index (χ2v) is 4.79. The largest absolute Gasteiger partial charge is 0.478 e. The van der Waals surface area contributed by atoms with Gasteiger partial charge in [0.1, 0.15) is 5.54 Å². The molecule has 0 saturated heterocycles. The average Bonchev–Trinajstić information content (AvgIpc) is 2.37. The lowest BCUT2D eigenvalue weighted by Gasteiger charge is -2.30. The minimum atomic E-state index is -1.36. The molecule has 0 fully saturated rings. The maximum atomic E-state index is 11.1. The van der Waals surface area contributed by atoms with Gasteiger partial charge in [-0.3, -0.25) is 0 Å². The van der Waals surface area contributed by atoms with Gasteiger partial charge in [-0.05, 0) is 18.2 Å². The highest BCUT2D eigenvalue weighted by Gasteiger charge is 2.29. The van der Waals surface area contributed by atoms with Gasteiger partial charge in [0.05, 0.1) is 25.4 Å². The molecule has 0 aromatic heterocycles. The zero-order valence-corrected chi connectivity index (χ0v) is 11.0. The fourth-order valence-electron chi connectivity index (χ4n) is 1.36. The second-order valence-electron chi connectivity index (χ2n) is 3.87. The van der Waals surface area contributed by atoms with Gasteiger partial charge in [0.2, 0.25) is 0 Å². The van der Waals surface area contributed by atoms with Gasteiger partial charge >= 0.3 is 5.97 Å². The normalized spacial score (nSPS) is 11.3. The molecule has 1 aromatic carbocycles. The summed E-state index contributed by atoms with van der Waals surface area (Å²) in [6, 6.07) is 4.50. The van der Waals surface area contributed by atoms with Crippen LogP contribution in [0.15, 0.2) is 22.7 Å². The Labute approximate surface area is 112 Å². The number of carbonyl (C=O) groups is 1. The number of hydrogen-bond acceptors (Lipinski definition) is 5. The molecule has 0 saturated carbocycles. The number of aliphatic hydroxyl groups is 3. The van der Waals surface area contributed by atoms with Crippen molar-refractivity contribution in [1.82, 2.24) is 0 Å². The maximum absolute atomic E-state index is 11.1. The molecule has 7 heteroatoms. The lowest BCUT2D eigenvalue weighted by Crippen LogP contribution is -2.49. The Morgan fingerprint density at radius 1 is 1.22 bits per heavy atom. The minimum Gasteiger partial charge on any atom is -0.478 e. The summed E-state index contributed by atoms with van der Waals surface area (Å²) < 4.78 is 0.591. The molecule has 1 rings (SSSR count). The quantitative estimate of drug-likeness (QED) is 0.515. The summed E-state index contributed by atoms with van der Waals surface area (Å²) in [5, 5.41) is 39.3. The Kier molecular flexibility index (Phi) is 5.09. The molecular weight excluding hydrogens is 306 g/mol. The van der Waals surface area contributed by atoms with Crippen LogP contribution in [0.1, 0.15) is 10.4 Å². The first-order chi connectivity index (χ1) is 8.48. The minimum absolute atomic E-state index is 0.0240. The van der Waals surface area contributed by atoms with Gasteiger partial charge in [0.25, 0.3) is 0 Å². The molecule has 0 aliphatic carbocycles. The molecule has 0 aliphatic heterocycles. The number of carboxylic acid groups (broad SMARTS) is 1. The number of halogens is 1. The van der Waals surface area contributed by atoms with Crippen LogP contribution in [-0.2, 0) is 0 Å². The number of carboxylic acids is 1. The topological polar surface area (TPSA) is 110 Å². The molecule has 0 aliphatic rings. The van der Waals surface area contributed by atoms with Crippen LogP contribution in [-0.4, -0.2) is 51.8 Å². The van der Waals surface area contributed by atoms with Crippen molar-refractivity contribution in [1.29, 1.82) is 0 Å². The van der Waals surface area contributed by atoms with Gasteiger partial charge in [-0.25, -0.2) is 4.79 Å². The van der Waals surface area contributed by atoms with Crippen LogP contribution in [0.3, 0.4) is 0 Å². The molecule has 5 N–H and O–H groups in total. The van der Waals surface area contributed by atoms with E-state index in [1.165, 1.54) is 12.1 Å². The third-order valence-corrected chi connectivity index (χ3v) is 3.01. The fourth-order valence-corrected chi connectivity index (χ4v) is 1.72. The summed E-state index contributed by atoms with van der Waals surface area (Å²) in [5.41, 5.74) is -1.18. The third kappa shape index (κ3) is 3.20. The van der Waals surface area contributed by atoms with Crippen LogP contribution in [0, 0.1) is 0 Å². The number of aliphatic hydroxyl groups excluding tert-OH is 3. The molecule has 0 heterocycles. The van der Waals surface area contributed by atoms with Gasteiger partial charge < -0.3 is 25.7 Å². The van der Waals surface area contributed by atoms with E-state index in [9.17, 15) is 20.1 Å². The zero-order valence-electron chi connectivity index (χ0n) is 9.43. The lowest BCUT2D eigenvalue weighted by molar-refractivity contribution is 0.0692.